The first kappa shape index (κ1) is 14.6. The Morgan fingerprint density at radius 2 is 1.86 bits per heavy atom. The Labute approximate surface area is 131 Å². The molecular weight excluding hydrogens is 274 g/mol. The number of methoxy groups -OCH3 is 1. The molecule has 0 atom stereocenters. The lowest BCUT2D eigenvalue weighted by Crippen LogP contribution is -2.11. The van der Waals surface area contributed by atoms with Crippen LogP contribution in [0.1, 0.15) is 36.8 Å². The predicted octanol–water partition coefficient (Wildman–Crippen LogP) is 4.58. The molecule has 114 valence electrons. The van der Waals surface area contributed by atoms with Gasteiger partial charge in [0.1, 0.15) is 0 Å². The second kappa shape index (κ2) is 7.12. The van der Waals surface area contributed by atoms with Crippen molar-refractivity contribution in [1.82, 2.24) is 4.98 Å². The normalized spacial score (nSPS) is 15.3. The lowest BCUT2D eigenvalue weighted by atomic mass is 10.1. The van der Waals surface area contributed by atoms with Crippen LogP contribution in [0.4, 0.5) is 0 Å². The minimum atomic E-state index is 0.325. The summed E-state index contributed by atoms with van der Waals surface area (Å²) in [4.78, 5) is 4.11. The van der Waals surface area contributed by atoms with Gasteiger partial charge in [-0.2, -0.15) is 0 Å². The Balaban J connectivity index is 1.78. The van der Waals surface area contributed by atoms with Crippen molar-refractivity contribution in [2.24, 2.45) is 0 Å². The lowest BCUT2D eigenvalue weighted by Gasteiger charge is -2.16. The first-order chi connectivity index (χ1) is 10.8. The molecule has 1 saturated carbocycles. The van der Waals surface area contributed by atoms with Gasteiger partial charge in [-0.1, -0.05) is 24.3 Å². The fourth-order valence-corrected chi connectivity index (χ4v) is 2.74. The highest BCUT2D eigenvalue weighted by Gasteiger charge is 2.18. The molecule has 0 N–H and O–H groups in total. The summed E-state index contributed by atoms with van der Waals surface area (Å²) in [5.41, 5.74) is 2.18. The molecule has 3 heteroatoms. The quantitative estimate of drug-likeness (QED) is 0.809. The van der Waals surface area contributed by atoms with Gasteiger partial charge in [-0.25, -0.2) is 0 Å². The van der Waals surface area contributed by atoms with E-state index in [0.717, 1.165) is 35.5 Å². The van der Waals surface area contributed by atoms with Crippen LogP contribution in [-0.2, 0) is 0 Å². The molecule has 22 heavy (non-hydrogen) atoms. The monoisotopic (exact) mass is 295 g/mol. The van der Waals surface area contributed by atoms with Crippen molar-refractivity contribution in [2.75, 3.05) is 7.11 Å². The number of hydrogen-bond donors (Lipinski definition) is 0. The van der Waals surface area contributed by atoms with E-state index in [9.17, 15) is 0 Å². The molecule has 0 unspecified atom stereocenters. The van der Waals surface area contributed by atoms with Crippen molar-refractivity contribution in [3.8, 4) is 11.5 Å². The van der Waals surface area contributed by atoms with Gasteiger partial charge in [0, 0.05) is 12.4 Å². The smallest absolute Gasteiger partial charge is 0.162 e. The Kier molecular flexibility index (Phi) is 4.74. The summed E-state index contributed by atoms with van der Waals surface area (Å²) in [6.45, 7) is 0. The summed E-state index contributed by atoms with van der Waals surface area (Å²) in [5, 5.41) is 0. The van der Waals surface area contributed by atoms with Crippen LogP contribution in [0.25, 0.3) is 12.2 Å². The SMILES string of the molecule is COc1ccc(C=Cc2cccnc2)cc1OC1CCCC1. The molecule has 0 bridgehead atoms. The Hall–Kier alpha value is -2.29. The predicted molar refractivity (Wildman–Crippen MR) is 89.0 cm³/mol. The molecule has 0 amide bonds. The lowest BCUT2D eigenvalue weighted by molar-refractivity contribution is 0.201. The van der Waals surface area contributed by atoms with Gasteiger partial charge < -0.3 is 9.47 Å². The first-order valence-corrected chi connectivity index (χ1v) is 7.78. The van der Waals surface area contributed by atoms with E-state index in [-0.39, 0.29) is 0 Å². The largest absolute Gasteiger partial charge is 0.493 e. The maximum absolute atomic E-state index is 6.12. The summed E-state index contributed by atoms with van der Waals surface area (Å²) in [7, 11) is 1.68. The number of ether oxygens (including phenoxy) is 2. The fraction of sp³-hybridized carbons (Fsp3) is 0.316. The van der Waals surface area contributed by atoms with Crippen molar-refractivity contribution >= 4 is 12.2 Å². The number of aromatic nitrogens is 1. The van der Waals surface area contributed by atoms with Gasteiger partial charge in [-0.05, 0) is 55.0 Å². The zero-order valence-electron chi connectivity index (χ0n) is 12.9. The number of benzene rings is 1. The fourth-order valence-electron chi connectivity index (χ4n) is 2.74. The third kappa shape index (κ3) is 3.67. The molecule has 1 fully saturated rings. The van der Waals surface area contributed by atoms with Crippen LogP contribution in [0.15, 0.2) is 42.7 Å². The Bertz CT molecular complexity index is 631. The maximum Gasteiger partial charge on any atom is 0.162 e. The van der Waals surface area contributed by atoms with Crippen LogP contribution < -0.4 is 9.47 Å². The molecule has 3 rings (SSSR count). The van der Waals surface area contributed by atoms with Crippen LogP contribution in [0.2, 0.25) is 0 Å². The highest BCUT2D eigenvalue weighted by atomic mass is 16.5. The summed E-state index contributed by atoms with van der Waals surface area (Å²) in [5.74, 6) is 1.63. The standard InChI is InChI=1S/C19H21NO2/c1-21-18-11-10-15(8-9-16-5-4-12-20-14-16)13-19(18)22-17-6-2-3-7-17/h4-5,8-14,17H,2-3,6-7H2,1H3. The first-order valence-electron chi connectivity index (χ1n) is 7.78. The molecular formula is C19H21NO2. The van der Waals surface area contributed by atoms with E-state index in [1.165, 1.54) is 12.8 Å². The van der Waals surface area contributed by atoms with E-state index >= 15 is 0 Å². The highest BCUT2D eigenvalue weighted by molar-refractivity contribution is 5.70. The van der Waals surface area contributed by atoms with Crippen molar-refractivity contribution in [1.29, 1.82) is 0 Å². The van der Waals surface area contributed by atoms with Crippen LogP contribution in [0, 0.1) is 0 Å². The van der Waals surface area contributed by atoms with Gasteiger partial charge in [-0.15, -0.1) is 0 Å². The van der Waals surface area contributed by atoms with Crippen LogP contribution in [-0.4, -0.2) is 18.2 Å². The van der Waals surface area contributed by atoms with Crippen molar-refractivity contribution in [3.63, 3.8) is 0 Å². The topological polar surface area (TPSA) is 31.4 Å². The number of nitrogens with zero attached hydrogens (tertiary/aromatic N) is 1. The summed E-state index contributed by atoms with van der Waals surface area (Å²) >= 11 is 0. The maximum atomic E-state index is 6.12. The molecule has 0 spiro atoms. The van der Waals surface area contributed by atoms with E-state index in [1.807, 2.05) is 42.6 Å². The van der Waals surface area contributed by atoms with E-state index < -0.39 is 0 Å². The second-order valence-electron chi connectivity index (χ2n) is 5.55. The van der Waals surface area contributed by atoms with E-state index in [0.29, 0.717) is 6.10 Å². The highest BCUT2D eigenvalue weighted by Crippen LogP contribution is 2.32. The molecule has 1 aromatic carbocycles. The van der Waals surface area contributed by atoms with E-state index in [4.69, 9.17) is 9.47 Å². The molecule has 3 nitrogen and oxygen atoms in total. The number of pyridine rings is 1. The molecule has 1 aliphatic rings. The summed E-state index contributed by atoms with van der Waals surface area (Å²) < 4.78 is 11.5. The molecule has 1 aliphatic carbocycles. The van der Waals surface area contributed by atoms with Gasteiger partial charge in [0.25, 0.3) is 0 Å². The Morgan fingerprint density at radius 1 is 1.05 bits per heavy atom. The number of rotatable bonds is 5. The van der Waals surface area contributed by atoms with Crippen LogP contribution in [0.5, 0.6) is 11.5 Å². The minimum absolute atomic E-state index is 0.325. The average Bonchev–Trinajstić information content (AvgIpc) is 3.07. The zero-order chi connectivity index (χ0) is 15.2. The van der Waals surface area contributed by atoms with Crippen molar-refractivity contribution < 1.29 is 9.47 Å². The third-order valence-corrected chi connectivity index (χ3v) is 3.94. The van der Waals surface area contributed by atoms with Crippen LogP contribution >= 0.6 is 0 Å². The minimum Gasteiger partial charge on any atom is -0.493 e. The molecule has 0 radical (unpaired) electrons. The summed E-state index contributed by atoms with van der Waals surface area (Å²) in [6, 6.07) is 10.0. The average molecular weight is 295 g/mol. The Morgan fingerprint density at radius 3 is 2.59 bits per heavy atom. The van der Waals surface area contributed by atoms with Gasteiger partial charge >= 0.3 is 0 Å². The van der Waals surface area contributed by atoms with Gasteiger partial charge in [0.2, 0.25) is 0 Å². The van der Waals surface area contributed by atoms with Gasteiger partial charge in [0.15, 0.2) is 11.5 Å². The molecule has 0 aliphatic heterocycles. The summed E-state index contributed by atoms with van der Waals surface area (Å²) in [6.07, 6.45) is 12.9. The molecule has 2 aromatic rings. The second-order valence-corrected chi connectivity index (χ2v) is 5.55. The zero-order valence-corrected chi connectivity index (χ0v) is 12.9. The van der Waals surface area contributed by atoms with Crippen molar-refractivity contribution in [3.05, 3.63) is 53.9 Å². The number of hydrogen-bond acceptors (Lipinski definition) is 3. The molecule has 1 heterocycles. The molecule has 1 aromatic heterocycles. The molecule has 0 saturated heterocycles. The third-order valence-electron chi connectivity index (χ3n) is 3.94. The van der Waals surface area contributed by atoms with Crippen LogP contribution in [0.3, 0.4) is 0 Å². The van der Waals surface area contributed by atoms with E-state index in [2.05, 4.69) is 11.1 Å². The van der Waals surface area contributed by atoms with Crippen molar-refractivity contribution in [2.45, 2.75) is 31.8 Å². The van der Waals surface area contributed by atoms with Gasteiger partial charge in [-0.3, -0.25) is 4.98 Å². The van der Waals surface area contributed by atoms with E-state index in [1.54, 1.807) is 13.3 Å². The van der Waals surface area contributed by atoms with Gasteiger partial charge in [0.05, 0.1) is 13.2 Å².